The molecule has 1 aliphatic carbocycles. The van der Waals surface area contributed by atoms with Crippen LogP contribution < -0.4 is 11.1 Å². The number of fused-ring (bicyclic) bond motifs is 1. The quantitative estimate of drug-likeness (QED) is 0.876. The van der Waals surface area contributed by atoms with Gasteiger partial charge in [-0.25, -0.2) is 0 Å². The molecule has 1 atom stereocenters. The molecule has 1 aliphatic rings. The molecule has 1 aromatic carbocycles. The van der Waals surface area contributed by atoms with Gasteiger partial charge in [-0.15, -0.1) is 0 Å². The molecule has 1 amide bonds. The Kier molecular flexibility index (Phi) is 3.95. The number of carbonyl (C=O) groups is 1. The largest absolute Gasteiger partial charge is 0.348 e. The summed E-state index contributed by atoms with van der Waals surface area (Å²) in [4.78, 5) is 12.3. The van der Waals surface area contributed by atoms with Crippen molar-refractivity contribution in [2.24, 2.45) is 11.1 Å². The smallest absolute Gasteiger partial charge is 0.251 e. The van der Waals surface area contributed by atoms with Gasteiger partial charge >= 0.3 is 0 Å². The van der Waals surface area contributed by atoms with Crippen molar-refractivity contribution in [1.82, 2.24) is 5.32 Å². The van der Waals surface area contributed by atoms with Crippen molar-refractivity contribution < 1.29 is 4.79 Å². The summed E-state index contributed by atoms with van der Waals surface area (Å²) in [6, 6.07) is 6.04. The molecule has 0 radical (unpaired) electrons. The molecule has 0 aromatic heterocycles. The summed E-state index contributed by atoms with van der Waals surface area (Å²) in [5.74, 6) is -0.0138. The first-order chi connectivity index (χ1) is 8.91. The molecule has 0 bridgehead atoms. The Bertz CT molecular complexity index is 474. The van der Waals surface area contributed by atoms with Gasteiger partial charge < -0.3 is 11.1 Å². The predicted molar refractivity (Wildman–Crippen MR) is 78.2 cm³/mol. The normalized spacial score (nSPS) is 16.0. The van der Waals surface area contributed by atoms with E-state index < -0.39 is 0 Å². The van der Waals surface area contributed by atoms with Crippen LogP contribution in [0.15, 0.2) is 18.2 Å². The third kappa shape index (κ3) is 3.16. The lowest BCUT2D eigenvalue weighted by atomic mass is 9.86. The fourth-order valence-electron chi connectivity index (χ4n) is 2.58. The predicted octanol–water partition coefficient (Wildman–Crippen LogP) is 2.28. The lowest BCUT2D eigenvalue weighted by molar-refractivity contribution is 0.0905. The van der Waals surface area contributed by atoms with Crippen LogP contribution in [0.3, 0.4) is 0 Å². The highest BCUT2D eigenvalue weighted by Gasteiger charge is 2.25. The minimum absolute atomic E-state index is 0.00625. The van der Waals surface area contributed by atoms with Crippen molar-refractivity contribution in [1.29, 1.82) is 0 Å². The Labute approximate surface area is 115 Å². The summed E-state index contributed by atoms with van der Waals surface area (Å²) in [5.41, 5.74) is 9.21. The molecule has 0 aliphatic heterocycles. The first-order valence-corrected chi connectivity index (χ1v) is 7.04. The number of nitrogens with one attached hydrogen (secondary N) is 1. The van der Waals surface area contributed by atoms with Gasteiger partial charge in [-0.1, -0.05) is 26.8 Å². The Morgan fingerprint density at radius 2 is 2.00 bits per heavy atom. The van der Waals surface area contributed by atoms with Crippen LogP contribution in [0, 0.1) is 5.41 Å². The maximum absolute atomic E-state index is 12.3. The zero-order chi connectivity index (χ0) is 14.0. The van der Waals surface area contributed by atoms with Gasteiger partial charge in [0.15, 0.2) is 0 Å². The van der Waals surface area contributed by atoms with Crippen LogP contribution in [0.5, 0.6) is 0 Å². The summed E-state index contributed by atoms with van der Waals surface area (Å²) < 4.78 is 0. The first-order valence-electron chi connectivity index (χ1n) is 7.04. The van der Waals surface area contributed by atoms with Gasteiger partial charge in [-0.05, 0) is 47.9 Å². The molecule has 2 rings (SSSR count). The van der Waals surface area contributed by atoms with Crippen LogP contribution >= 0.6 is 0 Å². The van der Waals surface area contributed by atoms with E-state index >= 15 is 0 Å². The first kappa shape index (κ1) is 14.1. The number of amides is 1. The standard InChI is InChI=1S/C16H24N2O/c1-16(2,3)14(10-17)18-15(19)13-8-7-11-5-4-6-12(11)9-13/h7-9,14H,4-6,10,17H2,1-3H3,(H,18,19). The lowest BCUT2D eigenvalue weighted by Gasteiger charge is -2.30. The fourth-order valence-corrected chi connectivity index (χ4v) is 2.58. The van der Waals surface area contributed by atoms with Crippen LogP contribution in [-0.4, -0.2) is 18.5 Å². The summed E-state index contributed by atoms with van der Waals surface area (Å²) in [6.07, 6.45) is 3.44. The molecular weight excluding hydrogens is 236 g/mol. The van der Waals surface area contributed by atoms with Crippen molar-refractivity contribution in [3.05, 3.63) is 34.9 Å². The molecule has 1 aromatic rings. The van der Waals surface area contributed by atoms with Gasteiger partial charge in [-0.3, -0.25) is 4.79 Å². The molecule has 0 saturated carbocycles. The maximum atomic E-state index is 12.3. The van der Waals surface area contributed by atoms with Crippen LogP contribution in [0.25, 0.3) is 0 Å². The minimum Gasteiger partial charge on any atom is -0.348 e. The molecule has 3 nitrogen and oxygen atoms in total. The third-order valence-corrected chi connectivity index (χ3v) is 3.95. The number of nitrogens with two attached hydrogens (primary N) is 1. The molecule has 0 heterocycles. The minimum atomic E-state index is -0.0266. The molecule has 19 heavy (non-hydrogen) atoms. The van der Waals surface area contributed by atoms with Crippen molar-refractivity contribution in [2.75, 3.05) is 6.54 Å². The highest BCUT2D eigenvalue weighted by Crippen LogP contribution is 2.23. The van der Waals surface area contributed by atoms with Crippen molar-refractivity contribution in [3.63, 3.8) is 0 Å². The molecule has 0 saturated heterocycles. The lowest BCUT2D eigenvalue weighted by Crippen LogP contribution is -2.48. The maximum Gasteiger partial charge on any atom is 0.251 e. The summed E-state index contributed by atoms with van der Waals surface area (Å²) in [6.45, 7) is 6.73. The fraction of sp³-hybridized carbons (Fsp3) is 0.562. The summed E-state index contributed by atoms with van der Waals surface area (Å²) in [7, 11) is 0. The number of rotatable bonds is 3. The van der Waals surface area contributed by atoms with Crippen molar-refractivity contribution >= 4 is 5.91 Å². The highest BCUT2D eigenvalue weighted by atomic mass is 16.1. The summed E-state index contributed by atoms with van der Waals surface area (Å²) in [5, 5.41) is 3.05. The van der Waals surface area contributed by atoms with E-state index in [4.69, 9.17) is 5.73 Å². The van der Waals surface area contributed by atoms with Crippen molar-refractivity contribution in [2.45, 2.75) is 46.1 Å². The Hall–Kier alpha value is -1.35. The monoisotopic (exact) mass is 260 g/mol. The Balaban J connectivity index is 2.12. The second-order valence-corrected chi connectivity index (χ2v) is 6.46. The second-order valence-electron chi connectivity index (χ2n) is 6.46. The number of aryl methyl sites for hydroxylation is 2. The third-order valence-electron chi connectivity index (χ3n) is 3.95. The molecule has 1 unspecified atom stereocenters. The van der Waals surface area contributed by atoms with Crippen LogP contribution in [0.2, 0.25) is 0 Å². The Morgan fingerprint density at radius 1 is 1.32 bits per heavy atom. The van der Waals surface area contributed by atoms with E-state index in [-0.39, 0.29) is 17.4 Å². The molecular formula is C16H24N2O. The van der Waals surface area contributed by atoms with Crippen LogP contribution in [0.1, 0.15) is 48.7 Å². The topological polar surface area (TPSA) is 55.1 Å². The SMILES string of the molecule is CC(C)(C)C(CN)NC(=O)c1ccc2c(c1)CCC2. The van der Waals surface area contributed by atoms with Gasteiger partial charge in [0.1, 0.15) is 0 Å². The van der Waals surface area contributed by atoms with E-state index in [0.29, 0.717) is 6.54 Å². The number of carbonyl (C=O) groups excluding carboxylic acids is 1. The molecule has 3 N–H and O–H groups in total. The van der Waals surface area contributed by atoms with E-state index in [2.05, 4.69) is 32.2 Å². The highest BCUT2D eigenvalue weighted by molar-refractivity contribution is 5.94. The zero-order valence-corrected chi connectivity index (χ0v) is 12.1. The zero-order valence-electron chi connectivity index (χ0n) is 12.1. The van der Waals surface area contributed by atoms with Gasteiger partial charge in [0.05, 0.1) is 0 Å². The van der Waals surface area contributed by atoms with Gasteiger partial charge in [0.25, 0.3) is 5.91 Å². The second kappa shape index (κ2) is 5.33. The summed E-state index contributed by atoms with van der Waals surface area (Å²) >= 11 is 0. The van der Waals surface area contributed by atoms with Gasteiger partial charge in [0, 0.05) is 18.2 Å². The molecule has 0 spiro atoms. The van der Waals surface area contributed by atoms with Crippen molar-refractivity contribution in [3.8, 4) is 0 Å². The molecule has 3 heteroatoms. The van der Waals surface area contributed by atoms with E-state index in [1.165, 1.54) is 17.5 Å². The van der Waals surface area contributed by atoms with E-state index in [1.54, 1.807) is 0 Å². The van der Waals surface area contributed by atoms with Gasteiger partial charge in [-0.2, -0.15) is 0 Å². The molecule has 0 fully saturated rings. The number of hydrogen-bond donors (Lipinski definition) is 2. The van der Waals surface area contributed by atoms with Gasteiger partial charge in [0.2, 0.25) is 0 Å². The van der Waals surface area contributed by atoms with Crippen LogP contribution in [-0.2, 0) is 12.8 Å². The average molecular weight is 260 g/mol. The number of hydrogen-bond acceptors (Lipinski definition) is 2. The van der Waals surface area contributed by atoms with E-state index in [1.807, 2.05) is 12.1 Å². The van der Waals surface area contributed by atoms with Crippen LogP contribution in [0.4, 0.5) is 0 Å². The van der Waals surface area contributed by atoms with E-state index in [0.717, 1.165) is 18.4 Å². The van der Waals surface area contributed by atoms with E-state index in [9.17, 15) is 4.79 Å². The number of benzene rings is 1. The molecule has 104 valence electrons. The Morgan fingerprint density at radius 3 is 2.63 bits per heavy atom. The average Bonchev–Trinajstić information content (AvgIpc) is 2.81.